The van der Waals surface area contributed by atoms with E-state index in [9.17, 15) is 0 Å². The molecular formula is C18H17N3S2. The molecule has 1 aromatic carbocycles. The Labute approximate surface area is 144 Å². The fourth-order valence-corrected chi connectivity index (χ4v) is 4.12. The summed E-state index contributed by atoms with van der Waals surface area (Å²) in [5.41, 5.74) is 5.12. The number of hydrogen-bond donors (Lipinski definition) is 1. The first-order valence-corrected chi connectivity index (χ1v) is 8.99. The minimum absolute atomic E-state index is 0.586. The normalized spacial score (nSPS) is 14.6. The van der Waals surface area contributed by atoms with Crippen LogP contribution in [0.3, 0.4) is 0 Å². The minimum atomic E-state index is 0.586. The van der Waals surface area contributed by atoms with E-state index in [4.69, 9.17) is 12.2 Å². The summed E-state index contributed by atoms with van der Waals surface area (Å²) in [4.78, 5) is 11.3. The van der Waals surface area contributed by atoms with Gasteiger partial charge in [-0.3, -0.25) is 4.90 Å². The number of rotatable bonds is 3. The Morgan fingerprint density at radius 2 is 2.09 bits per heavy atom. The summed E-state index contributed by atoms with van der Waals surface area (Å²) in [5, 5.41) is 2.25. The van der Waals surface area contributed by atoms with Gasteiger partial charge in [-0.2, -0.15) is 0 Å². The van der Waals surface area contributed by atoms with Gasteiger partial charge in [0.1, 0.15) is 0 Å². The van der Waals surface area contributed by atoms with Gasteiger partial charge < -0.3 is 4.98 Å². The molecule has 3 aromatic rings. The first-order chi connectivity index (χ1) is 11.3. The zero-order valence-corrected chi connectivity index (χ0v) is 14.3. The second-order valence-electron chi connectivity index (χ2n) is 5.82. The number of hydrogen-bond acceptors (Lipinski definition) is 4. The van der Waals surface area contributed by atoms with Crippen LogP contribution in [0.1, 0.15) is 16.1 Å². The molecule has 116 valence electrons. The molecule has 0 saturated carbocycles. The van der Waals surface area contributed by atoms with Gasteiger partial charge in [-0.15, -0.1) is 11.3 Å². The Bertz CT molecular complexity index is 867. The van der Waals surface area contributed by atoms with Crippen LogP contribution in [-0.4, -0.2) is 21.4 Å². The smallest absolute Gasteiger partial charge is 0.196 e. The van der Waals surface area contributed by atoms with E-state index in [1.807, 2.05) is 17.5 Å². The van der Waals surface area contributed by atoms with Crippen molar-refractivity contribution >= 4 is 23.6 Å². The van der Waals surface area contributed by atoms with Crippen molar-refractivity contribution in [1.29, 1.82) is 0 Å². The largest absolute Gasteiger partial charge is 0.334 e. The molecule has 0 amide bonds. The van der Waals surface area contributed by atoms with Crippen LogP contribution in [0.25, 0.3) is 11.1 Å². The van der Waals surface area contributed by atoms with Crippen molar-refractivity contribution in [1.82, 2.24) is 14.9 Å². The van der Waals surface area contributed by atoms with E-state index in [0.717, 1.165) is 26.1 Å². The van der Waals surface area contributed by atoms with E-state index in [1.54, 1.807) is 0 Å². The van der Waals surface area contributed by atoms with Gasteiger partial charge in [-0.1, -0.05) is 30.3 Å². The molecule has 4 rings (SSSR count). The van der Waals surface area contributed by atoms with Crippen molar-refractivity contribution in [3.8, 4) is 11.1 Å². The molecule has 0 radical (unpaired) electrons. The monoisotopic (exact) mass is 339 g/mol. The van der Waals surface area contributed by atoms with Crippen LogP contribution in [0.5, 0.6) is 0 Å². The fraction of sp³-hybridized carbons (Fsp3) is 0.222. The van der Waals surface area contributed by atoms with Gasteiger partial charge in [0.2, 0.25) is 0 Å². The molecule has 2 aromatic heterocycles. The van der Waals surface area contributed by atoms with Gasteiger partial charge in [0.25, 0.3) is 0 Å². The van der Waals surface area contributed by atoms with E-state index in [1.165, 1.54) is 27.3 Å². The maximum absolute atomic E-state index is 5.10. The van der Waals surface area contributed by atoms with E-state index in [0.29, 0.717) is 4.77 Å². The maximum atomic E-state index is 5.10. The number of fused-ring (bicyclic) bond motifs is 1. The van der Waals surface area contributed by atoms with Crippen molar-refractivity contribution < 1.29 is 0 Å². The topological polar surface area (TPSA) is 31.9 Å². The highest BCUT2D eigenvalue weighted by molar-refractivity contribution is 7.71. The maximum Gasteiger partial charge on any atom is 0.196 e. The molecular weight excluding hydrogens is 322 g/mol. The summed E-state index contributed by atoms with van der Waals surface area (Å²) in [6, 6.07) is 12.9. The van der Waals surface area contributed by atoms with Crippen molar-refractivity contribution in [2.45, 2.75) is 19.5 Å². The van der Waals surface area contributed by atoms with E-state index >= 15 is 0 Å². The zero-order valence-electron chi connectivity index (χ0n) is 12.7. The standard InChI is InChI=1S/C18H17N3S2/c22-18-19-9-15-10-21(7-6-17(15)20-18)11-16-8-14(12-23-16)13-4-2-1-3-5-13/h1-5,8-9,12H,6-7,10-11H2,(H,19,20,22). The Balaban J connectivity index is 1.48. The first kappa shape index (κ1) is 14.8. The highest BCUT2D eigenvalue weighted by Gasteiger charge is 2.17. The molecule has 1 aliphatic rings. The van der Waals surface area contributed by atoms with Gasteiger partial charge in [-0.25, -0.2) is 4.98 Å². The minimum Gasteiger partial charge on any atom is -0.334 e. The van der Waals surface area contributed by atoms with Crippen LogP contribution in [0.15, 0.2) is 48.0 Å². The Morgan fingerprint density at radius 3 is 2.96 bits per heavy atom. The molecule has 0 fully saturated rings. The highest BCUT2D eigenvalue weighted by Crippen LogP contribution is 2.27. The van der Waals surface area contributed by atoms with Crippen LogP contribution in [0.4, 0.5) is 0 Å². The van der Waals surface area contributed by atoms with Crippen LogP contribution >= 0.6 is 23.6 Å². The molecule has 0 atom stereocenters. The summed E-state index contributed by atoms with van der Waals surface area (Å²) in [5.74, 6) is 0. The number of aromatic nitrogens is 2. The summed E-state index contributed by atoms with van der Waals surface area (Å²) < 4.78 is 0.586. The molecule has 3 nitrogen and oxygen atoms in total. The van der Waals surface area contributed by atoms with Gasteiger partial charge in [-0.05, 0) is 34.8 Å². The second kappa shape index (κ2) is 6.35. The molecule has 1 N–H and O–H groups in total. The third kappa shape index (κ3) is 3.27. The summed E-state index contributed by atoms with van der Waals surface area (Å²) in [7, 11) is 0. The van der Waals surface area contributed by atoms with E-state index in [2.05, 4.69) is 56.6 Å². The van der Waals surface area contributed by atoms with Crippen LogP contribution in [0.2, 0.25) is 0 Å². The number of aromatic amines is 1. The van der Waals surface area contributed by atoms with Crippen molar-refractivity contribution in [2.24, 2.45) is 0 Å². The highest BCUT2D eigenvalue weighted by atomic mass is 32.1. The Morgan fingerprint density at radius 1 is 1.22 bits per heavy atom. The lowest BCUT2D eigenvalue weighted by molar-refractivity contribution is 0.245. The molecule has 0 aliphatic carbocycles. The number of benzene rings is 1. The van der Waals surface area contributed by atoms with Gasteiger partial charge in [0, 0.05) is 48.4 Å². The lowest BCUT2D eigenvalue weighted by atomic mass is 10.1. The number of thiophene rings is 1. The molecule has 0 unspecified atom stereocenters. The molecule has 23 heavy (non-hydrogen) atoms. The quantitative estimate of drug-likeness (QED) is 0.717. The number of H-pyrrole nitrogens is 1. The van der Waals surface area contributed by atoms with Gasteiger partial charge >= 0.3 is 0 Å². The molecule has 0 bridgehead atoms. The average Bonchev–Trinajstić information content (AvgIpc) is 3.04. The third-order valence-corrected chi connectivity index (χ3v) is 5.32. The van der Waals surface area contributed by atoms with E-state index < -0.39 is 0 Å². The lowest BCUT2D eigenvalue weighted by Crippen LogP contribution is -2.30. The number of nitrogens with one attached hydrogen (secondary N) is 1. The van der Waals surface area contributed by atoms with Crippen molar-refractivity contribution in [3.63, 3.8) is 0 Å². The summed E-state index contributed by atoms with van der Waals surface area (Å²) >= 11 is 6.94. The SMILES string of the molecule is S=c1ncc2c([nH]1)CCN(Cc1cc(-c3ccccc3)cs1)C2. The van der Waals surface area contributed by atoms with Crippen LogP contribution < -0.4 is 0 Å². The molecule has 3 heterocycles. The predicted molar refractivity (Wildman–Crippen MR) is 97.0 cm³/mol. The first-order valence-electron chi connectivity index (χ1n) is 7.70. The Hall–Kier alpha value is -1.82. The molecule has 0 spiro atoms. The van der Waals surface area contributed by atoms with Crippen molar-refractivity contribution in [2.75, 3.05) is 6.54 Å². The van der Waals surface area contributed by atoms with Crippen molar-refractivity contribution in [3.05, 3.63) is 68.9 Å². The summed E-state index contributed by atoms with van der Waals surface area (Å²) in [6.45, 7) is 2.99. The third-order valence-electron chi connectivity index (χ3n) is 4.20. The molecule has 5 heteroatoms. The summed E-state index contributed by atoms with van der Waals surface area (Å²) in [6.07, 6.45) is 2.93. The Kier molecular flexibility index (Phi) is 4.08. The number of nitrogens with zero attached hydrogens (tertiary/aromatic N) is 2. The average molecular weight is 339 g/mol. The van der Waals surface area contributed by atoms with Crippen LogP contribution in [-0.2, 0) is 19.5 Å². The lowest BCUT2D eigenvalue weighted by Gasteiger charge is -2.27. The fourth-order valence-electron chi connectivity index (χ4n) is 3.01. The molecule has 1 aliphatic heterocycles. The van der Waals surface area contributed by atoms with Gasteiger partial charge in [0.15, 0.2) is 4.77 Å². The van der Waals surface area contributed by atoms with Gasteiger partial charge in [0.05, 0.1) is 0 Å². The molecule has 0 saturated heterocycles. The zero-order chi connectivity index (χ0) is 15.6. The predicted octanol–water partition coefficient (Wildman–Crippen LogP) is 4.43. The van der Waals surface area contributed by atoms with Crippen LogP contribution in [0, 0.1) is 4.77 Å². The second-order valence-corrected chi connectivity index (χ2v) is 7.20. The van der Waals surface area contributed by atoms with E-state index in [-0.39, 0.29) is 0 Å².